The summed E-state index contributed by atoms with van der Waals surface area (Å²) in [6.45, 7) is 6.93. The van der Waals surface area contributed by atoms with Gasteiger partial charge in [0.1, 0.15) is 6.54 Å². The SMILES string of the molecule is CCOC(=O)Cn1c(=NC(=O)c2ccc(S(=O)(=O)N3CCCC3)cc2)sc2c(C)cc(C)cc21. The molecule has 0 unspecified atom stereocenters. The maximum Gasteiger partial charge on any atom is 0.326 e. The third-order valence-electron chi connectivity index (χ3n) is 5.71. The van der Waals surface area contributed by atoms with E-state index in [1.807, 2.05) is 26.0 Å². The van der Waals surface area contributed by atoms with Gasteiger partial charge in [0.15, 0.2) is 4.80 Å². The Labute approximate surface area is 202 Å². The molecule has 1 amide bonds. The normalized spacial score (nSPS) is 15.2. The zero-order valence-corrected chi connectivity index (χ0v) is 21.0. The van der Waals surface area contributed by atoms with E-state index >= 15 is 0 Å². The molecular weight excluding hydrogens is 474 g/mol. The molecule has 8 nitrogen and oxygen atoms in total. The van der Waals surface area contributed by atoms with Crippen molar-refractivity contribution >= 4 is 43.5 Å². The Hall–Kier alpha value is -2.82. The number of aromatic nitrogens is 1. The van der Waals surface area contributed by atoms with Gasteiger partial charge in [0, 0.05) is 18.7 Å². The minimum absolute atomic E-state index is 0.0597. The summed E-state index contributed by atoms with van der Waals surface area (Å²) in [5.41, 5.74) is 3.15. The number of amides is 1. The number of thiazole rings is 1. The number of fused-ring (bicyclic) bond motifs is 1. The first kappa shape index (κ1) is 24.3. The fourth-order valence-electron chi connectivity index (χ4n) is 4.08. The van der Waals surface area contributed by atoms with Crippen molar-refractivity contribution in [3.8, 4) is 0 Å². The highest BCUT2D eigenvalue weighted by atomic mass is 32.2. The number of carbonyl (C=O) groups excluding carboxylic acids is 2. The van der Waals surface area contributed by atoms with Crippen LogP contribution in [0.25, 0.3) is 10.2 Å². The lowest BCUT2D eigenvalue weighted by atomic mass is 10.1. The lowest BCUT2D eigenvalue weighted by Crippen LogP contribution is -2.27. The highest BCUT2D eigenvalue weighted by Crippen LogP contribution is 2.24. The van der Waals surface area contributed by atoms with Crippen molar-refractivity contribution in [1.82, 2.24) is 8.87 Å². The van der Waals surface area contributed by atoms with E-state index in [1.54, 1.807) is 11.5 Å². The van der Waals surface area contributed by atoms with Gasteiger partial charge in [-0.15, -0.1) is 0 Å². The molecule has 2 aromatic carbocycles. The summed E-state index contributed by atoms with van der Waals surface area (Å²) in [5, 5.41) is 0. The number of benzene rings is 2. The van der Waals surface area contributed by atoms with E-state index in [9.17, 15) is 18.0 Å². The van der Waals surface area contributed by atoms with Crippen LogP contribution in [0.15, 0.2) is 46.3 Å². The molecule has 0 saturated carbocycles. The molecule has 0 radical (unpaired) electrons. The van der Waals surface area contributed by atoms with Crippen LogP contribution in [0, 0.1) is 13.8 Å². The summed E-state index contributed by atoms with van der Waals surface area (Å²) < 4.78 is 34.7. The predicted octanol–water partition coefficient (Wildman–Crippen LogP) is 3.41. The molecular formula is C24H27N3O5S2. The van der Waals surface area contributed by atoms with Crippen molar-refractivity contribution in [2.45, 2.75) is 45.1 Å². The van der Waals surface area contributed by atoms with Crippen LogP contribution in [0.2, 0.25) is 0 Å². The lowest BCUT2D eigenvalue weighted by molar-refractivity contribution is -0.143. The number of carbonyl (C=O) groups is 2. The van der Waals surface area contributed by atoms with Gasteiger partial charge in [-0.25, -0.2) is 8.42 Å². The first-order valence-corrected chi connectivity index (χ1v) is 13.4. The van der Waals surface area contributed by atoms with Crippen molar-refractivity contribution in [2.75, 3.05) is 19.7 Å². The third-order valence-corrected chi connectivity index (χ3v) is 8.85. The van der Waals surface area contributed by atoms with Gasteiger partial charge in [-0.05, 0) is 75.1 Å². The number of rotatable bonds is 6. The number of hydrogen-bond donors (Lipinski definition) is 0. The second kappa shape index (κ2) is 9.81. The van der Waals surface area contributed by atoms with E-state index in [2.05, 4.69) is 4.99 Å². The molecule has 0 N–H and O–H groups in total. The van der Waals surface area contributed by atoms with Gasteiger partial charge in [0.05, 0.1) is 21.7 Å². The average Bonchev–Trinajstić information content (AvgIpc) is 3.44. The third kappa shape index (κ3) is 4.84. The molecule has 2 heterocycles. The molecule has 0 aliphatic carbocycles. The second-order valence-corrected chi connectivity index (χ2v) is 11.2. The fourth-order valence-corrected chi connectivity index (χ4v) is 6.68. The van der Waals surface area contributed by atoms with Gasteiger partial charge < -0.3 is 9.30 Å². The summed E-state index contributed by atoms with van der Waals surface area (Å²) in [4.78, 5) is 30.1. The zero-order valence-electron chi connectivity index (χ0n) is 19.4. The van der Waals surface area contributed by atoms with Crippen molar-refractivity contribution in [3.05, 3.63) is 57.9 Å². The van der Waals surface area contributed by atoms with E-state index in [0.717, 1.165) is 34.2 Å². The van der Waals surface area contributed by atoms with Gasteiger partial charge in [-0.3, -0.25) is 9.59 Å². The largest absolute Gasteiger partial charge is 0.465 e. The first-order valence-electron chi connectivity index (χ1n) is 11.2. The number of sulfonamides is 1. The molecule has 1 aliphatic rings. The Kier molecular flexibility index (Phi) is 7.01. The van der Waals surface area contributed by atoms with Crippen LogP contribution in [-0.2, 0) is 26.1 Å². The first-order chi connectivity index (χ1) is 16.2. The lowest BCUT2D eigenvalue weighted by Gasteiger charge is -2.15. The topological polar surface area (TPSA) is 98.0 Å². The van der Waals surface area contributed by atoms with E-state index in [4.69, 9.17) is 4.74 Å². The van der Waals surface area contributed by atoms with Gasteiger partial charge in [0.2, 0.25) is 10.0 Å². The molecule has 1 fully saturated rings. The number of aryl methyl sites for hydroxylation is 2. The number of esters is 1. The van der Waals surface area contributed by atoms with Crippen LogP contribution >= 0.6 is 11.3 Å². The second-order valence-electron chi connectivity index (χ2n) is 8.26. The minimum Gasteiger partial charge on any atom is -0.465 e. The van der Waals surface area contributed by atoms with Crippen LogP contribution in [0.3, 0.4) is 0 Å². The standard InChI is InChI=1S/C24H27N3O5S2/c1-4-32-21(28)15-27-20-14-16(2)13-17(3)22(20)33-24(27)25-23(29)18-7-9-19(10-8-18)34(30,31)26-11-5-6-12-26/h7-10,13-14H,4-6,11-12,15H2,1-3H3. The van der Waals surface area contributed by atoms with Crippen LogP contribution in [0.4, 0.5) is 0 Å². The molecule has 1 saturated heterocycles. The molecule has 0 spiro atoms. The number of nitrogens with zero attached hydrogens (tertiary/aromatic N) is 3. The Bertz CT molecular complexity index is 1410. The zero-order chi connectivity index (χ0) is 24.5. The molecule has 34 heavy (non-hydrogen) atoms. The average molecular weight is 502 g/mol. The molecule has 180 valence electrons. The van der Waals surface area contributed by atoms with Crippen molar-refractivity contribution in [1.29, 1.82) is 0 Å². The van der Waals surface area contributed by atoms with Gasteiger partial charge in [-0.2, -0.15) is 9.30 Å². The quantitative estimate of drug-likeness (QED) is 0.482. The molecule has 0 atom stereocenters. The van der Waals surface area contributed by atoms with Crippen LogP contribution < -0.4 is 4.80 Å². The minimum atomic E-state index is -3.55. The van der Waals surface area contributed by atoms with Crippen LogP contribution in [-0.4, -0.2) is 48.9 Å². The summed E-state index contributed by atoms with van der Waals surface area (Å²) >= 11 is 1.33. The maximum atomic E-state index is 13.0. The van der Waals surface area contributed by atoms with E-state index < -0.39 is 21.9 Å². The predicted molar refractivity (Wildman–Crippen MR) is 130 cm³/mol. The van der Waals surface area contributed by atoms with E-state index in [-0.39, 0.29) is 23.6 Å². The summed E-state index contributed by atoms with van der Waals surface area (Å²) in [7, 11) is -3.55. The Morgan fingerprint density at radius 3 is 2.41 bits per heavy atom. The monoisotopic (exact) mass is 501 g/mol. The fraction of sp³-hybridized carbons (Fsp3) is 0.375. The smallest absolute Gasteiger partial charge is 0.326 e. The molecule has 10 heteroatoms. The van der Waals surface area contributed by atoms with E-state index in [1.165, 1.54) is 39.9 Å². The van der Waals surface area contributed by atoms with Crippen molar-refractivity contribution in [3.63, 3.8) is 0 Å². The molecule has 0 bridgehead atoms. The molecule has 4 rings (SSSR count). The van der Waals surface area contributed by atoms with Gasteiger partial charge >= 0.3 is 5.97 Å². The highest BCUT2D eigenvalue weighted by molar-refractivity contribution is 7.89. The van der Waals surface area contributed by atoms with Crippen molar-refractivity contribution in [2.24, 2.45) is 4.99 Å². The van der Waals surface area contributed by atoms with Gasteiger partial charge in [-0.1, -0.05) is 17.4 Å². The van der Waals surface area contributed by atoms with Crippen LogP contribution in [0.1, 0.15) is 41.3 Å². The summed E-state index contributed by atoms with van der Waals surface area (Å²) in [5.74, 6) is -0.921. The molecule has 3 aromatic rings. The summed E-state index contributed by atoms with van der Waals surface area (Å²) in [6.07, 6.45) is 1.71. The number of hydrogen-bond acceptors (Lipinski definition) is 6. The summed E-state index contributed by atoms with van der Waals surface area (Å²) in [6, 6.07) is 9.85. The van der Waals surface area contributed by atoms with Crippen LogP contribution in [0.5, 0.6) is 0 Å². The Morgan fingerprint density at radius 2 is 1.76 bits per heavy atom. The number of ether oxygens (including phenoxy) is 1. The molecule has 1 aromatic heterocycles. The Balaban J connectivity index is 1.71. The van der Waals surface area contributed by atoms with Crippen molar-refractivity contribution < 1.29 is 22.7 Å². The van der Waals surface area contributed by atoms with E-state index in [0.29, 0.717) is 17.9 Å². The molecule has 1 aliphatic heterocycles. The maximum absolute atomic E-state index is 13.0. The highest BCUT2D eigenvalue weighted by Gasteiger charge is 2.27. The Morgan fingerprint density at radius 1 is 1.09 bits per heavy atom. The van der Waals surface area contributed by atoms with Gasteiger partial charge in [0.25, 0.3) is 5.91 Å².